The SMILES string of the molecule is Cc1ccc(CNCC2CCOC2)cc1C. The van der Waals surface area contributed by atoms with E-state index in [4.69, 9.17) is 4.74 Å². The summed E-state index contributed by atoms with van der Waals surface area (Å²) in [7, 11) is 0. The maximum absolute atomic E-state index is 5.35. The van der Waals surface area contributed by atoms with Crippen molar-refractivity contribution in [2.45, 2.75) is 26.8 Å². The van der Waals surface area contributed by atoms with Gasteiger partial charge in [0.05, 0.1) is 6.61 Å². The molecule has 2 nitrogen and oxygen atoms in total. The highest BCUT2D eigenvalue weighted by Gasteiger charge is 2.14. The molecule has 0 radical (unpaired) electrons. The summed E-state index contributed by atoms with van der Waals surface area (Å²) < 4.78 is 5.35. The predicted molar refractivity (Wildman–Crippen MR) is 66.5 cm³/mol. The Balaban J connectivity index is 1.78. The number of nitrogens with one attached hydrogen (secondary N) is 1. The maximum Gasteiger partial charge on any atom is 0.0507 e. The summed E-state index contributed by atoms with van der Waals surface area (Å²) in [5.74, 6) is 0.714. The molecule has 0 spiro atoms. The van der Waals surface area contributed by atoms with Gasteiger partial charge in [-0.1, -0.05) is 18.2 Å². The highest BCUT2D eigenvalue weighted by molar-refractivity contribution is 5.29. The van der Waals surface area contributed by atoms with Crippen LogP contribution < -0.4 is 5.32 Å². The van der Waals surface area contributed by atoms with Gasteiger partial charge in [-0.05, 0) is 42.9 Å². The van der Waals surface area contributed by atoms with E-state index in [1.165, 1.54) is 23.1 Å². The normalized spacial score (nSPS) is 20.2. The Morgan fingerprint density at radius 1 is 1.31 bits per heavy atom. The van der Waals surface area contributed by atoms with E-state index < -0.39 is 0 Å². The Bertz CT molecular complexity index is 343. The first kappa shape index (κ1) is 11.6. The Hall–Kier alpha value is -0.860. The highest BCUT2D eigenvalue weighted by Crippen LogP contribution is 2.12. The van der Waals surface area contributed by atoms with Crippen LogP contribution in [0.3, 0.4) is 0 Å². The first-order valence-electron chi connectivity index (χ1n) is 6.10. The monoisotopic (exact) mass is 219 g/mol. The second kappa shape index (κ2) is 5.46. The molecule has 1 unspecified atom stereocenters. The predicted octanol–water partition coefficient (Wildman–Crippen LogP) is 2.43. The number of hydrogen-bond acceptors (Lipinski definition) is 2. The zero-order chi connectivity index (χ0) is 11.4. The van der Waals surface area contributed by atoms with Crippen LogP contribution in [0.1, 0.15) is 23.1 Å². The minimum atomic E-state index is 0.714. The van der Waals surface area contributed by atoms with E-state index in [1.807, 2.05) is 0 Å². The van der Waals surface area contributed by atoms with E-state index in [0.29, 0.717) is 5.92 Å². The van der Waals surface area contributed by atoms with Gasteiger partial charge in [-0.3, -0.25) is 0 Å². The third-order valence-electron chi connectivity index (χ3n) is 3.36. The lowest BCUT2D eigenvalue weighted by atomic mass is 10.1. The summed E-state index contributed by atoms with van der Waals surface area (Å²) in [4.78, 5) is 0. The smallest absolute Gasteiger partial charge is 0.0507 e. The van der Waals surface area contributed by atoms with Crippen LogP contribution in [0.2, 0.25) is 0 Å². The van der Waals surface area contributed by atoms with E-state index >= 15 is 0 Å². The third-order valence-corrected chi connectivity index (χ3v) is 3.36. The number of benzene rings is 1. The van der Waals surface area contributed by atoms with Crippen LogP contribution in [0.5, 0.6) is 0 Å². The molecule has 2 heteroatoms. The number of ether oxygens (including phenoxy) is 1. The highest BCUT2D eigenvalue weighted by atomic mass is 16.5. The molecule has 1 aromatic carbocycles. The molecule has 0 amide bonds. The Kier molecular flexibility index (Phi) is 3.97. The van der Waals surface area contributed by atoms with Gasteiger partial charge in [0.2, 0.25) is 0 Å². The summed E-state index contributed by atoms with van der Waals surface area (Å²) in [6.07, 6.45) is 1.21. The average Bonchev–Trinajstić information content (AvgIpc) is 2.76. The van der Waals surface area contributed by atoms with Crippen molar-refractivity contribution < 1.29 is 4.74 Å². The Labute approximate surface area is 98.0 Å². The van der Waals surface area contributed by atoms with Crippen molar-refractivity contribution in [2.24, 2.45) is 5.92 Å². The van der Waals surface area contributed by atoms with Crippen LogP contribution in [-0.4, -0.2) is 19.8 Å². The first-order chi connectivity index (χ1) is 7.75. The summed E-state index contributed by atoms with van der Waals surface area (Å²) in [6, 6.07) is 6.68. The minimum Gasteiger partial charge on any atom is -0.381 e. The largest absolute Gasteiger partial charge is 0.381 e. The second-order valence-electron chi connectivity index (χ2n) is 4.78. The first-order valence-corrected chi connectivity index (χ1v) is 6.10. The fourth-order valence-corrected chi connectivity index (χ4v) is 2.08. The maximum atomic E-state index is 5.35. The van der Waals surface area contributed by atoms with E-state index in [2.05, 4.69) is 37.4 Å². The molecule has 0 aliphatic carbocycles. The third kappa shape index (κ3) is 3.06. The Morgan fingerprint density at radius 3 is 2.88 bits per heavy atom. The van der Waals surface area contributed by atoms with Crippen molar-refractivity contribution in [1.29, 1.82) is 0 Å². The topological polar surface area (TPSA) is 21.3 Å². The molecule has 1 fully saturated rings. The zero-order valence-electron chi connectivity index (χ0n) is 10.3. The van der Waals surface area contributed by atoms with Gasteiger partial charge >= 0.3 is 0 Å². The summed E-state index contributed by atoms with van der Waals surface area (Å²) in [5.41, 5.74) is 4.12. The number of hydrogen-bond donors (Lipinski definition) is 1. The molecule has 88 valence electrons. The standard InChI is InChI=1S/C14H21NO/c1-11-3-4-13(7-12(11)2)8-15-9-14-5-6-16-10-14/h3-4,7,14-15H,5-6,8-10H2,1-2H3. The van der Waals surface area contributed by atoms with Crippen LogP contribution in [0.4, 0.5) is 0 Å². The van der Waals surface area contributed by atoms with Gasteiger partial charge < -0.3 is 10.1 Å². The van der Waals surface area contributed by atoms with Crippen molar-refractivity contribution in [2.75, 3.05) is 19.8 Å². The van der Waals surface area contributed by atoms with Crippen molar-refractivity contribution in [3.63, 3.8) is 0 Å². The lowest BCUT2D eigenvalue weighted by Gasteiger charge is -2.10. The van der Waals surface area contributed by atoms with Gasteiger partial charge in [-0.2, -0.15) is 0 Å². The molecule has 1 saturated heterocycles. The fourth-order valence-electron chi connectivity index (χ4n) is 2.08. The van der Waals surface area contributed by atoms with Crippen molar-refractivity contribution in [3.8, 4) is 0 Å². The lowest BCUT2D eigenvalue weighted by molar-refractivity contribution is 0.185. The minimum absolute atomic E-state index is 0.714. The molecule has 1 aliphatic rings. The van der Waals surface area contributed by atoms with Gasteiger partial charge in [-0.25, -0.2) is 0 Å². The molecule has 1 aliphatic heterocycles. The lowest BCUT2D eigenvalue weighted by Crippen LogP contribution is -2.22. The van der Waals surface area contributed by atoms with Crippen molar-refractivity contribution in [1.82, 2.24) is 5.32 Å². The van der Waals surface area contributed by atoms with Crippen LogP contribution in [0.25, 0.3) is 0 Å². The van der Waals surface area contributed by atoms with E-state index in [0.717, 1.165) is 26.3 Å². The fraction of sp³-hybridized carbons (Fsp3) is 0.571. The van der Waals surface area contributed by atoms with Crippen molar-refractivity contribution in [3.05, 3.63) is 34.9 Å². The van der Waals surface area contributed by atoms with Crippen LogP contribution in [-0.2, 0) is 11.3 Å². The summed E-state index contributed by atoms with van der Waals surface area (Å²) in [5, 5.41) is 3.51. The zero-order valence-corrected chi connectivity index (χ0v) is 10.3. The van der Waals surface area contributed by atoms with E-state index in [1.54, 1.807) is 0 Å². The van der Waals surface area contributed by atoms with Gasteiger partial charge in [0.25, 0.3) is 0 Å². The molecule has 1 atom stereocenters. The molecule has 0 saturated carbocycles. The molecule has 1 aromatic rings. The molecule has 1 N–H and O–H groups in total. The summed E-state index contributed by atoms with van der Waals surface area (Å²) >= 11 is 0. The molecule has 1 heterocycles. The van der Waals surface area contributed by atoms with Crippen molar-refractivity contribution >= 4 is 0 Å². The number of aryl methyl sites for hydroxylation is 2. The molecular weight excluding hydrogens is 198 g/mol. The van der Waals surface area contributed by atoms with Gasteiger partial charge in [0.15, 0.2) is 0 Å². The number of rotatable bonds is 4. The van der Waals surface area contributed by atoms with E-state index in [-0.39, 0.29) is 0 Å². The van der Waals surface area contributed by atoms with Crippen LogP contribution in [0.15, 0.2) is 18.2 Å². The van der Waals surface area contributed by atoms with Crippen LogP contribution in [0, 0.1) is 19.8 Å². The molecule has 0 bridgehead atoms. The molecule has 2 rings (SSSR count). The van der Waals surface area contributed by atoms with Crippen LogP contribution >= 0.6 is 0 Å². The Morgan fingerprint density at radius 2 is 2.19 bits per heavy atom. The molecule has 0 aromatic heterocycles. The van der Waals surface area contributed by atoms with Gasteiger partial charge in [-0.15, -0.1) is 0 Å². The molecular formula is C14H21NO. The van der Waals surface area contributed by atoms with Gasteiger partial charge in [0, 0.05) is 19.7 Å². The second-order valence-corrected chi connectivity index (χ2v) is 4.78. The van der Waals surface area contributed by atoms with Gasteiger partial charge in [0.1, 0.15) is 0 Å². The quantitative estimate of drug-likeness (QED) is 0.839. The summed E-state index contributed by atoms with van der Waals surface area (Å²) in [6.45, 7) is 8.24. The molecule has 16 heavy (non-hydrogen) atoms. The van der Waals surface area contributed by atoms with E-state index in [9.17, 15) is 0 Å². The average molecular weight is 219 g/mol.